The van der Waals surface area contributed by atoms with E-state index in [-0.39, 0.29) is 11.7 Å². The van der Waals surface area contributed by atoms with Crippen LogP contribution in [-0.4, -0.2) is 33.7 Å². The molecule has 1 aromatic carbocycles. The van der Waals surface area contributed by atoms with Gasteiger partial charge in [-0.1, -0.05) is 19.1 Å². The highest BCUT2D eigenvalue weighted by atomic mass is 19.1. The van der Waals surface area contributed by atoms with Crippen molar-refractivity contribution in [1.82, 2.24) is 14.7 Å². The number of amides is 1. The zero-order valence-corrected chi connectivity index (χ0v) is 15.0. The monoisotopic (exact) mass is 343 g/mol. The number of aryl methyl sites for hydroxylation is 2. The van der Waals surface area contributed by atoms with Crippen molar-refractivity contribution >= 4 is 5.91 Å². The quantitative estimate of drug-likeness (QED) is 0.827. The molecule has 0 bridgehead atoms. The molecule has 0 unspecified atom stereocenters. The molecule has 0 N–H and O–H groups in total. The van der Waals surface area contributed by atoms with Crippen LogP contribution in [0.15, 0.2) is 30.5 Å². The van der Waals surface area contributed by atoms with Gasteiger partial charge in [0.1, 0.15) is 5.82 Å². The van der Waals surface area contributed by atoms with Crippen LogP contribution in [0.4, 0.5) is 4.39 Å². The van der Waals surface area contributed by atoms with Crippen LogP contribution in [0, 0.1) is 18.7 Å². The lowest BCUT2D eigenvalue weighted by atomic mass is 9.91. The molecule has 0 saturated carbocycles. The second kappa shape index (κ2) is 7.81. The van der Waals surface area contributed by atoms with Crippen molar-refractivity contribution in [2.24, 2.45) is 5.92 Å². The fourth-order valence-corrected chi connectivity index (χ4v) is 3.61. The summed E-state index contributed by atoms with van der Waals surface area (Å²) >= 11 is 0. The lowest BCUT2D eigenvalue weighted by molar-refractivity contribution is 0.0672. The first-order valence-electron chi connectivity index (χ1n) is 9.14. The molecule has 0 aliphatic carbocycles. The minimum absolute atomic E-state index is 0.0867. The molecule has 2 heterocycles. The predicted octanol–water partition coefficient (Wildman–Crippen LogP) is 3.84. The summed E-state index contributed by atoms with van der Waals surface area (Å²) in [6.07, 6.45) is 5.89. The van der Waals surface area contributed by atoms with Crippen LogP contribution in [0.3, 0.4) is 0 Å². The van der Waals surface area contributed by atoms with Crippen LogP contribution < -0.4 is 0 Å². The van der Waals surface area contributed by atoms with Crippen LogP contribution in [0.2, 0.25) is 0 Å². The van der Waals surface area contributed by atoms with Crippen LogP contribution in [-0.2, 0) is 13.0 Å². The Hall–Kier alpha value is -2.17. The van der Waals surface area contributed by atoms with Crippen molar-refractivity contribution in [3.63, 3.8) is 0 Å². The van der Waals surface area contributed by atoms with Crippen LogP contribution >= 0.6 is 0 Å². The second-order valence-electron chi connectivity index (χ2n) is 6.98. The van der Waals surface area contributed by atoms with Crippen molar-refractivity contribution in [2.45, 2.75) is 46.1 Å². The van der Waals surface area contributed by atoms with E-state index >= 15 is 0 Å². The number of rotatable bonds is 5. The Morgan fingerprint density at radius 1 is 1.32 bits per heavy atom. The van der Waals surface area contributed by atoms with E-state index < -0.39 is 0 Å². The summed E-state index contributed by atoms with van der Waals surface area (Å²) in [5.74, 6) is 0.307. The number of carbonyl (C=O) groups is 1. The molecular formula is C20H26FN3O. The van der Waals surface area contributed by atoms with E-state index in [0.717, 1.165) is 62.1 Å². The number of hydrogen-bond donors (Lipinski definition) is 0. The maximum Gasteiger partial charge on any atom is 0.257 e. The number of hydrogen-bond acceptors (Lipinski definition) is 2. The van der Waals surface area contributed by atoms with Gasteiger partial charge < -0.3 is 4.90 Å². The summed E-state index contributed by atoms with van der Waals surface area (Å²) in [5.41, 5.74) is 2.66. The lowest BCUT2D eigenvalue weighted by Crippen LogP contribution is -2.40. The van der Waals surface area contributed by atoms with E-state index in [1.54, 1.807) is 0 Å². The molecule has 1 saturated heterocycles. The van der Waals surface area contributed by atoms with E-state index in [2.05, 4.69) is 12.0 Å². The van der Waals surface area contributed by atoms with Gasteiger partial charge in [-0.15, -0.1) is 0 Å². The molecule has 1 fully saturated rings. The van der Waals surface area contributed by atoms with Crippen molar-refractivity contribution in [1.29, 1.82) is 0 Å². The fourth-order valence-electron chi connectivity index (χ4n) is 3.61. The van der Waals surface area contributed by atoms with Gasteiger partial charge in [0.15, 0.2) is 0 Å². The van der Waals surface area contributed by atoms with E-state index in [4.69, 9.17) is 0 Å². The Morgan fingerprint density at radius 2 is 2.08 bits per heavy atom. The molecule has 2 aromatic rings. The lowest BCUT2D eigenvalue weighted by Gasteiger charge is -2.32. The molecule has 134 valence electrons. The fraction of sp³-hybridized carbons (Fsp3) is 0.500. The minimum atomic E-state index is -0.205. The molecule has 0 radical (unpaired) electrons. The Bertz CT molecular complexity index is 723. The zero-order valence-electron chi connectivity index (χ0n) is 15.0. The van der Waals surface area contributed by atoms with Gasteiger partial charge in [-0.25, -0.2) is 4.39 Å². The first kappa shape index (κ1) is 17.6. The third kappa shape index (κ3) is 4.27. The first-order valence-corrected chi connectivity index (χ1v) is 9.14. The Balaban J connectivity index is 1.66. The van der Waals surface area contributed by atoms with E-state index in [0.29, 0.717) is 5.92 Å². The van der Waals surface area contributed by atoms with Gasteiger partial charge in [0.05, 0.1) is 11.3 Å². The average Bonchev–Trinajstić information content (AvgIpc) is 2.97. The first-order chi connectivity index (χ1) is 12.1. The number of carbonyl (C=O) groups excluding carboxylic acids is 1. The van der Waals surface area contributed by atoms with Gasteiger partial charge in [-0.2, -0.15) is 5.10 Å². The van der Waals surface area contributed by atoms with Crippen molar-refractivity contribution in [3.8, 4) is 0 Å². The topological polar surface area (TPSA) is 38.1 Å². The third-order valence-corrected chi connectivity index (χ3v) is 4.87. The summed E-state index contributed by atoms with van der Waals surface area (Å²) in [5, 5.41) is 4.44. The Morgan fingerprint density at radius 3 is 2.80 bits per heavy atom. The van der Waals surface area contributed by atoms with Gasteiger partial charge in [0.25, 0.3) is 5.91 Å². The highest BCUT2D eigenvalue weighted by Crippen LogP contribution is 2.23. The van der Waals surface area contributed by atoms with Gasteiger partial charge in [0, 0.05) is 25.8 Å². The average molecular weight is 343 g/mol. The summed E-state index contributed by atoms with van der Waals surface area (Å²) in [7, 11) is 0. The highest BCUT2D eigenvalue weighted by Gasteiger charge is 2.26. The number of piperidine rings is 1. The molecule has 25 heavy (non-hydrogen) atoms. The molecule has 1 atom stereocenters. The van der Waals surface area contributed by atoms with Crippen molar-refractivity contribution < 1.29 is 9.18 Å². The summed E-state index contributed by atoms with van der Waals surface area (Å²) < 4.78 is 14.9. The normalized spacial score (nSPS) is 17.7. The largest absolute Gasteiger partial charge is 0.338 e. The molecule has 4 nitrogen and oxygen atoms in total. The molecule has 0 spiro atoms. The van der Waals surface area contributed by atoms with Gasteiger partial charge >= 0.3 is 0 Å². The Labute approximate surface area is 148 Å². The second-order valence-corrected chi connectivity index (χ2v) is 6.98. The molecule has 3 rings (SSSR count). The zero-order chi connectivity index (χ0) is 17.8. The van der Waals surface area contributed by atoms with Crippen molar-refractivity contribution in [3.05, 3.63) is 53.1 Å². The van der Waals surface area contributed by atoms with E-state index in [1.165, 1.54) is 12.1 Å². The summed E-state index contributed by atoms with van der Waals surface area (Å²) in [4.78, 5) is 14.9. The predicted molar refractivity (Wildman–Crippen MR) is 96.0 cm³/mol. The number of likely N-dealkylation sites (tertiary alicyclic amines) is 1. The number of benzene rings is 1. The number of nitrogens with zero attached hydrogens (tertiary/aromatic N) is 3. The van der Waals surface area contributed by atoms with Crippen LogP contribution in [0.1, 0.15) is 47.8 Å². The van der Waals surface area contributed by atoms with Crippen LogP contribution in [0.25, 0.3) is 0 Å². The van der Waals surface area contributed by atoms with E-state index in [9.17, 15) is 9.18 Å². The molecule has 1 aliphatic heterocycles. The number of halogens is 1. The molecule has 1 amide bonds. The maximum absolute atomic E-state index is 13.1. The molecular weight excluding hydrogens is 317 g/mol. The molecule has 1 aromatic heterocycles. The Kier molecular flexibility index (Phi) is 5.51. The standard InChI is InChI=1S/C20H26FN3O/c1-3-10-24-14-19(15(2)22-24)20(25)23-11-4-5-17(13-23)12-16-6-8-18(21)9-7-16/h6-9,14,17H,3-5,10-13H2,1-2H3/t17-/m1/s1. The van der Waals surface area contributed by atoms with Crippen LogP contribution in [0.5, 0.6) is 0 Å². The summed E-state index contributed by atoms with van der Waals surface area (Å²) in [6, 6.07) is 6.70. The maximum atomic E-state index is 13.1. The van der Waals surface area contributed by atoms with Crippen molar-refractivity contribution in [2.75, 3.05) is 13.1 Å². The molecule has 5 heteroatoms. The van der Waals surface area contributed by atoms with Gasteiger partial charge in [-0.05, 0) is 56.2 Å². The number of aromatic nitrogens is 2. The minimum Gasteiger partial charge on any atom is -0.338 e. The van der Waals surface area contributed by atoms with E-state index in [1.807, 2.05) is 34.8 Å². The highest BCUT2D eigenvalue weighted by molar-refractivity contribution is 5.95. The third-order valence-electron chi connectivity index (χ3n) is 4.87. The van der Waals surface area contributed by atoms with Gasteiger partial charge in [0.2, 0.25) is 0 Å². The van der Waals surface area contributed by atoms with Gasteiger partial charge in [-0.3, -0.25) is 9.48 Å². The SMILES string of the molecule is CCCn1cc(C(=O)N2CCC[C@H](Cc3ccc(F)cc3)C2)c(C)n1. The smallest absolute Gasteiger partial charge is 0.257 e. The summed E-state index contributed by atoms with van der Waals surface area (Å²) in [6.45, 7) is 6.40. The molecule has 1 aliphatic rings.